The van der Waals surface area contributed by atoms with Gasteiger partial charge in [-0.15, -0.1) is 0 Å². The number of hydrogen-bond acceptors (Lipinski definition) is 3. The fraction of sp³-hybridized carbons (Fsp3) is 0.933. The van der Waals surface area contributed by atoms with Crippen LogP contribution in [0.2, 0.25) is 0 Å². The summed E-state index contributed by atoms with van der Waals surface area (Å²) >= 11 is 0. The van der Waals surface area contributed by atoms with Crippen molar-refractivity contribution in [2.24, 2.45) is 5.92 Å². The van der Waals surface area contributed by atoms with Crippen molar-refractivity contribution in [2.75, 3.05) is 13.2 Å². The molecule has 2 fully saturated rings. The summed E-state index contributed by atoms with van der Waals surface area (Å²) < 4.78 is 5.76. The zero-order chi connectivity index (χ0) is 13.8. The van der Waals surface area contributed by atoms with Crippen molar-refractivity contribution >= 4 is 5.91 Å². The molecule has 3 atom stereocenters. The highest BCUT2D eigenvalue weighted by molar-refractivity contribution is 5.83. The number of hydrogen-bond donors (Lipinski definition) is 1. The van der Waals surface area contributed by atoms with Gasteiger partial charge in [-0.2, -0.15) is 0 Å². The molecule has 4 nitrogen and oxygen atoms in total. The molecule has 110 valence electrons. The van der Waals surface area contributed by atoms with Gasteiger partial charge in [-0.05, 0) is 44.9 Å². The van der Waals surface area contributed by atoms with Gasteiger partial charge in [0.25, 0.3) is 0 Å². The van der Waals surface area contributed by atoms with Crippen LogP contribution in [-0.4, -0.2) is 42.3 Å². The van der Waals surface area contributed by atoms with Crippen molar-refractivity contribution in [3.63, 3.8) is 0 Å². The number of carbonyl (C=O) groups excluding carboxylic acids is 1. The number of nitrogens with one attached hydrogen (secondary N) is 1. The van der Waals surface area contributed by atoms with E-state index in [-0.39, 0.29) is 18.1 Å². The third-order valence-corrected chi connectivity index (χ3v) is 4.13. The monoisotopic (exact) mass is 268 g/mol. The molecule has 0 spiro atoms. The summed E-state index contributed by atoms with van der Waals surface area (Å²) in [5.41, 5.74) is 0. The standard InChI is InChI=1S/C15H28N2O2/c1-11(2)10-14-16-12(3)15(18)17(14)8-7-13-6-4-5-9-19-13/h11-14,16H,4-10H2,1-3H3. The van der Waals surface area contributed by atoms with Crippen LogP contribution in [0.4, 0.5) is 0 Å². The van der Waals surface area contributed by atoms with Crippen molar-refractivity contribution in [1.82, 2.24) is 10.2 Å². The zero-order valence-corrected chi connectivity index (χ0v) is 12.5. The molecule has 0 saturated carbocycles. The van der Waals surface area contributed by atoms with Gasteiger partial charge in [-0.25, -0.2) is 0 Å². The Labute approximate surface area is 116 Å². The van der Waals surface area contributed by atoms with E-state index in [0.29, 0.717) is 12.0 Å². The minimum atomic E-state index is -0.0315. The van der Waals surface area contributed by atoms with Gasteiger partial charge < -0.3 is 9.64 Å². The summed E-state index contributed by atoms with van der Waals surface area (Å²) in [6, 6.07) is -0.0315. The Morgan fingerprint density at radius 2 is 2.21 bits per heavy atom. The Hall–Kier alpha value is -0.610. The van der Waals surface area contributed by atoms with Crippen LogP contribution in [0.3, 0.4) is 0 Å². The van der Waals surface area contributed by atoms with Crippen molar-refractivity contribution in [2.45, 2.75) is 71.2 Å². The Morgan fingerprint density at radius 3 is 2.84 bits per heavy atom. The Bertz CT molecular complexity index is 301. The topological polar surface area (TPSA) is 41.6 Å². The first-order chi connectivity index (χ1) is 9.08. The molecule has 4 heteroatoms. The molecule has 0 radical (unpaired) electrons. The van der Waals surface area contributed by atoms with E-state index in [0.717, 1.165) is 32.4 Å². The van der Waals surface area contributed by atoms with E-state index < -0.39 is 0 Å². The van der Waals surface area contributed by atoms with Crippen LogP contribution in [0.5, 0.6) is 0 Å². The van der Waals surface area contributed by atoms with Crippen molar-refractivity contribution < 1.29 is 9.53 Å². The van der Waals surface area contributed by atoms with Crippen LogP contribution in [-0.2, 0) is 9.53 Å². The maximum atomic E-state index is 12.2. The third kappa shape index (κ3) is 3.93. The van der Waals surface area contributed by atoms with Crippen LogP contribution in [0.1, 0.15) is 52.9 Å². The lowest BCUT2D eigenvalue weighted by Crippen LogP contribution is -2.40. The minimum Gasteiger partial charge on any atom is -0.378 e. The molecular weight excluding hydrogens is 240 g/mol. The summed E-state index contributed by atoms with van der Waals surface area (Å²) in [4.78, 5) is 14.2. The van der Waals surface area contributed by atoms with Gasteiger partial charge in [0, 0.05) is 13.2 Å². The van der Waals surface area contributed by atoms with Crippen LogP contribution < -0.4 is 5.32 Å². The van der Waals surface area contributed by atoms with Crippen LogP contribution in [0, 0.1) is 5.92 Å². The third-order valence-electron chi connectivity index (χ3n) is 4.13. The molecular formula is C15H28N2O2. The first kappa shape index (κ1) is 14.8. The van der Waals surface area contributed by atoms with E-state index >= 15 is 0 Å². The molecule has 19 heavy (non-hydrogen) atoms. The average Bonchev–Trinajstić information content (AvgIpc) is 2.63. The van der Waals surface area contributed by atoms with Gasteiger partial charge >= 0.3 is 0 Å². The molecule has 2 aliphatic heterocycles. The first-order valence-electron chi connectivity index (χ1n) is 7.76. The van der Waals surface area contributed by atoms with E-state index in [4.69, 9.17) is 4.74 Å². The van der Waals surface area contributed by atoms with Gasteiger partial charge in [0.15, 0.2) is 0 Å². The Kier molecular flexibility index (Phi) is 5.22. The molecule has 0 aromatic heterocycles. The van der Waals surface area contributed by atoms with Crippen LogP contribution >= 0.6 is 0 Å². The van der Waals surface area contributed by atoms with E-state index in [2.05, 4.69) is 19.2 Å². The Morgan fingerprint density at radius 1 is 1.42 bits per heavy atom. The highest BCUT2D eigenvalue weighted by Gasteiger charge is 2.36. The molecule has 2 heterocycles. The van der Waals surface area contributed by atoms with Crippen LogP contribution in [0.15, 0.2) is 0 Å². The summed E-state index contributed by atoms with van der Waals surface area (Å²) in [6.07, 6.45) is 6.19. The molecule has 0 bridgehead atoms. The summed E-state index contributed by atoms with van der Waals surface area (Å²) in [5, 5.41) is 3.41. The summed E-state index contributed by atoms with van der Waals surface area (Å²) in [5.74, 6) is 0.852. The van der Waals surface area contributed by atoms with Gasteiger partial charge in [0.1, 0.15) is 0 Å². The second-order valence-corrected chi connectivity index (χ2v) is 6.34. The summed E-state index contributed by atoms with van der Waals surface area (Å²) in [7, 11) is 0. The molecule has 0 aliphatic carbocycles. The quantitative estimate of drug-likeness (QED) is 0.830. The van der Waals surface area contributed by atoms with E-state index in [9.17, 15) is 4.79 Å². The van der Waals surface area contributed by atoms with Gasteiger partial charge in [0.2, 0.25) is 5.91 Å². The van der Waals surface area contributed by atoms with E-state index in [1.165, 1.54) is 12.8 Å². The summed E-state index contributed by atoms with van der Waals surface area (Å²) in [6.45, 7) is 8.10. The van der Waals surface area contributed by atoms with Crippen molar-refractivity contribution in [1.29, 1.82) is 0 Å². The fourth-order valence-corrected chi connectivity index (χ4v) is 3.08. The second kappa shape index (κ2) is 6.71. The van der Waals surface area contributed by atoms with Gasteiger partial charge in [-0.1, -0.05) is 13.8 Å². The molecule has 2 rings (SSSR count). The highest BCUT2D eigenvalue weighted by Crippen LogP contribution is 2.21. The maximum Gasteiger partial charge on any atom is 0.240 e. The molecule has 0 aromatic rings. The average molecular weight is 268 g/mol. The highest BCUT2D eigenvalue weighted by atomic mass is 16.5. The molecule has 3 unspecified atom stereocenters. The predicted octanol–water partition coefficient (Wildman–Crippen LogP) is 2.14. The van der Waals surface area contributed by atoms with Gasteiger partial charge in [-0.3, -0.25) is 10.1 Å². The normalized spacial score (nSPS) is 32.3. The Balaban J connectivity index is 1.85. The lowest BCUT2D eigenvalue weighted by molar-refractivity contribution is -0.130. The van der Waals surface area contributed by atoms with E-state index in [1.807, 2.05) is 11.8 Å². The second-order valence-electron chi connectivity index (χ2n) is 6.34. The van der Waals surface area contributed by atoms with Crippen LogP contribution in [0.25, 0.3) is 0 Å². The molecule has 0 aromatic carbocycles. The number of carbonyl (C=O) groups is 1. The van der Waals surface area contributed by atoms with Gasteiger partial charge in [0.05, 0.1) is 18.3 Å². The smallest absolute Gasteiger partial charge is 0.240 e. The van der Waals surface area contributed by atoms with E-state index in [1.54, 1.807) is 0 Å². The predicted molar refractivity (Wildman–Crippen MR) is 75.8 cm³/mol. The number of amides is 1. The van der Waals surface area contributed by atoms with Crippen molar-refractivity contribution in [3.05, 3.63) is 0 Å². The number of ether oxygens (including phenoxy) is 1. The lowest BCUT2D eigenvalue weighted by atomic mass is 10.1. The lowest BCUT2D eigenvalue weighted by Gasteiger charge is -2.29. The van der Waals surface area contributed by atoms with Crippen molar-refractivity contribution in [3.8, 4) is 0 Å². The molecule has 2 saturated heterocycles. The molecule has 1 amide bonds. The fourth-order valence-electron chi connectivity index (χ4n) is 3.08. The number of rotatable bonds is 5. The molecule has 2 aliphatic rings. The molecule has 1 N–H and O–H groups in total. The largest absolute Gasteiger partial charge is 0.378 e. The maximum absolute atomic E-state index is 12.2. The minimum absolute atomic E-state index is 0.0315. The number of nitrogens with zero attached hydrogens (tertiary/aromatic N) is 1. The first-order valence-corrected chi connectivity index (χ1v) is 7.76. The SMILES string of the molecule is CC(C)CC1NC(C)C(=O)N1CCC1CCCCO1. The zero-order valence-electron chi connectivity index (χ0n) is 12.5.